The summed E-state index contributed by atoms with van der Waals surface area (Å²) < 4.78 is 16.0. The van der Waals surface area contributed by atoms with Gasteiger partial charge in [0.05, 0.1) is 26.9 Å². The average Bonchev–Trinajstić information content (AvgIpc) is 3.08. The first-order valence-electron chi connectivity index (χ1n) is 8.48. The van der Waals surface area contributed by atoms with E-state index in [-0.39, 0.29) is 30.3 Å². The van der Waals surface area contributed by atoms with Crippen molar-refractivity contribution in [2.24, 2.45) is 5.73 Å². The maximum atomic E-state index is 13.1. The van der Waals surface area contributed by atoms with Crippen molar-refractivity contribution in [3.05, 3.63) is 53.6 Å². The summed E-state index contributed by atoms with van der Waals surface area (Å²) in [6.45, 7) is 1.07. The quantitative estimate of drug-likeness (QED) is 0.846. The molecule has 3 rings (SSSR count). The van der Waals surface area contributed by atoms with E-state index in [9.17, 15) is 4.79 Å². The van der Waals surface area contributed by atoms with Gasteiger partial charge >= 0.3 is 0 Å². The van der Waals surface area contributed by atoms with Gasteiger partial charge in [-0.1, -0.05) is 30.3 Å². The molecule has 0 radical (unpaired) electrons. The molecule has 7 heteroatoms. The van der Waals surface area contributed by atoms with Crippen LogP contribution in [-0.2, 0) is 0 Å². The number of benzene rings is 2. The number of likely N-dealkylation sites (tertiary alicyclic amines) is 1. The van der Waals surface area contributed by atoms with Crippen LogP contribution in [0.15, 0.2) is 42.5 Å². The number of ether oxygens (including phenoxy) is 3. The number of rotatable bonds is 5. The highest BCUT2D eigenvalue weighted by atomic mass is 35.5. The second-order valence-electron chi connectivity index (χ2n) is 6.30. The van der Waals surface area contributed by atoms with Crippen molar-refractivity contribution >= 4 is 18.3 Å². The van der Waals surface area contributed by atoms with Crippen LogP contribution in [0.2, 0.25) is 0 Å². The van der Waals surface area contributed by atoms with Gasteiger partial charge in [-0.15, -0.1) is 12.4 Å². The van der Waals surface area contributed by atoms with E-state index in [2.05, 4.69) is 12.1 Å². The minimum Gasteiger partial charge on any atom is -0.496 e. The van der Waals surface area contributed by atoms with E-state index in [4.69, 9.17) is 19.9 Å². The van der Waals surface area contributed by atoms with Gasteiger partial charge < -0.3 is 24.8 Å². The highest BCUT2D eigenvalue weighted by Gasteiger charge is 2.35. The van der Waals surface area contributed by atoms with Gasteiger partial charge in [0.15, 0.2) is 11.5 Å². The van der Waals surface area contributed by atoms with Gasteiger partial charge in [0, 0.05) is 37.2 Å². The fraction of sp³-hybridized carbons (Fsp3) is 0.350. The van der Waals surface area contributed by atoms with Crippen LogP contribution in [0.1, 0.15) is 21.8 Å². The lowest BCUT2D eigenvalue weighted by molar-refractivity contribution is 0.0785. The zero-order valence-corrected chi connectivity index (χ0v) is 16.5. The van der Waals surface area contributed by atoms with Gasteiger partial charge in [-0.2, -0.15) is 0 Å². The summed E-state index contributed by atoms with van der Waals surface area (Å²) in [6, 6.07) is 13.3. The molecule has 6 nitrogen and oxygen atoms in total. The van der Waals surface area contributed by atoms with E-state index in [1.165, 1.54) is 14.2 Å². The molecule has 2 N–H and O–H groups in total. The van der Waals surface area contributed by atoms with E-state index in [1.54, 1.807) is 24.1 Å². The molecule has 0 saturated carbocycles. The summed E-state index contributed by atoms with van der Waals surface area (Å²) in [7, 11) is 4.61. The maximum absolute atomic E-state index is 13.1. The number of carbonyl (C=O) groups excluding carboxylic acids is 1. The molecule has 1 heterocycles. The normalized spacial score (nSPS) is 18.6. The van der Waals surface area contributed by atoms with Crippen LogP contribution in [0.25, 0.3) is 0 Å². The van der Waals surface area contributed by atoms with E-state index in [0.717, 1.165) is 5.56 Å². The van der Waals surface area contributed by atoms with E-state index < -0.39 is 0 Å². The second kappa shape index (κ2) is 8.97. The Bertz CT molecular complexity index is 785. The summed E-state index contributed by atoms with van der Waals surface area (Å²) in [5.41, 5.74) is 7.90. The summed E-state index contributed by atoms with van der Waals surface area (Å²) in [5, 5.41) is 0. The van der Waals surface area contributed by atoms with E-state index in [1.807, 2.05) is 18.2 Å². The van der Waals surface area contributed by atoms with Crippen LogP contribution in [0.5, 0.6) is 17.2 Å². The minimum atomic E-state index is -0.128. The third-order valence-corrected chi connectivity index (χ3v) is 4.82. The Morgan fingerprint density at radius 2 is 1.56 bits per heavy atom. The molecule has 2 aromatic carbocycles. The third-order valence-electron chi connectivity index (χ3n) is 4.82. The first-order valence-corrected chi connectivity index (χ1v) is 8.48. The van der Waals surface area contributed by atoms with Crippen LogP contribution in [0.3, 0.4) is 0 Å². The number of nitrogens with two attached hydrogens (primary N) is 1. The molecule has 1 aliphatic rings. The summed E-state index contributed by atoms with van der Waals surface area (Å²) in [6.07, 6.45) is 0. The van der Waals surface area contributed by atoms with E-state index >= 15 is 0 Å². The Balaban J connectivity index is 0.00000261. The number of hydrogen-bond donors (Lipinski definition) is 1. The average molecular weight is 393 g/mol. The zero-order chi connectivity index (χ0) is 18.7. The number of halogens is 1. The molecule has 2 atom stereocenters. The summed E-state index contributed by atoms with van der Waals surface area (Å²) >= 11 is 0. The molecule has 2 aromatic rings. The van der Waals surface area contributed by atoms with Crippen molar-refractivity contribution in [3.8, 4) is 17.2 Å². The predicted molar refractivity (Wildman–Crippen MR) is 106 cm³/mol. The molecular formula is C20H25ClN2O4. The number of amides is 1. The van der Waals surface area contributed by atoms with Crippen LogP contribution in [-0.4, -0.2) is 51.3 Å². The molecule has 0 aliphatic carbocycles. The molecule has 0 bridgehead atoms. The molecule has 1 amide bonds. The fourth-order valence-electron chi connectivity index (χ4n) is 3.41. The van der Waals surface area contributed by atoms with Crippen LogP contribution in [0, 0.1) is 0 Å². The first-order chi connectivity index (χ1) is 12.6. The number of nitrogens with zero attached hydrogens (tertiary/aromatic N) is 1. The van der Waals surface area contributed by atoms with Crippen LogP contribution in [0.4, 0.5) is 0 Å². The van der Waals surface area contributed by atoms with Crippen molar-refractivity contribution in [2.45, 2.75) is 12.0 Å². The van der Waals surface area contributed by atoms with Gasteiger partial charge in [0.2, 0.25) is 0 Å². The Hall–Kier alpha value is -2.44. The molecule has 146 valence electrons. The molecular weight excluding hydrogens is 368 g/mol. The lowest BCUT2D eigenvalue weighted by Crippen LogP contribution is -2.32. The van der Waals surface area contributed by atoms with Gasteiger partial charge in [-0.3, -0.25) is 4.79 Å². The monoisotopic (exact) mass is 392 g/mol. The first kappa shape index (κ1) is 20.9. The molecule has 1 saturated heterocycles. The Morgan fingerprint density at radius 3 is 2.15 bits per heavy atom. The van der Waals surface area contributed by atoms with Crippen molar-refractivity contribution in [1.29, 1.82) is 0 Å². The molecule has 0 spiro atoms. The maximum Gasteiger partial charge on any atom is 0.257 e. The highest BCUT2D eigenvalue weighted by Crippen LogP contribution is 2.36. The Labute approximate surface area is 165 Å². The van der Waals surface area contributed by atoms with Crippen LogP contribution < -0.4 is 19.9 Å². The minimum absolute atomic E-state index is 0. The lowest BCUT2D eigenvalue weighted by Gasteiger charge is -2.19. The highest BCUT2D eigenvalue weighted by molar-refractivity contribution is 5.98. The topological polar surface area (TPSA) is 74.0 Å². The molecule has 27 heavy (non-hydrogen) atoms. The van der Waals surface area contributed by atoms with Crippen molar-refractivity contribution in [3.63, 3.8) is 0 Å². The fourth-order valence-corrected chi connectivity index (χ4v) is 3.41. The van der Waals surface area contributed by atoms with Crippen molar-refractivity contribution in [1.82, 2.24) is 4.90 Å². The van der Waals surface area contributed by atoms with Crippen molar-refractivity contribution < 1.29 is 19.0 Å². The number of methoxy groups -OCH3 is 3. The number of hydrogen-bond acceptors (Lipinski definition) is 5. The molecule has 0 aromatic heterocycles. The molecule has 0 unspecified atom stereocenters. The number of carbonyl (C=O) groups is 1. The van der Waals surface area contributed by atoms with Crippen molar-refractivity contribution in [2.75, 3.05) is 34.4 Å². The smallest absolute Gasteiger partial charge is 0.257 e. The summed E-state index contributed by atoms with van der Waals surface area (Å²) in [4.78, 5) is 14.9. The SMILES string of the molecule is COc1cc(OC)c(C(=O)N2C[C@@H](N)[C@H](c3ccccc3)C2)cc1OC.Cl. The summed E-state index contributed by atoms with van der Waals surface area (Å²) in [5.74, 6) is 1.44. The Morgan fingerprint density at radius 1 is 0.963 bits per heavy atom. The standard InChI is InChI=1S/C20H24N2O4.ClH/c1-24-17-10-19(26-3)18(25-2)9-14(17)20(23)22-11-15(16(21)12-22)13-7-5-4-6-8-13;/h4-10,15-16H,11-12,21H2,1-3H3;1H/t15-,16+;/m0./s1. The van der Waals surface area contributed by atoms with Gasteiger partial charge in [-0.25, -0.2) is 0 Å². The van der Waals surface area contributed by atoms with Gasteiger partial charge in [0.1, 0.15) is 5.75 Å². The predicted octanol–water partition coefficient (Wildman–Crippen LogP) is 2.70. The Kier molecular flexibility index (Phi) is 6.93. The van der Waals surface area contributed by atoms with Crippen LogP contribution >= 0.6 is 12.4 Å². The molecule has 1 aliphatic heterocycles. The third kappa shape index (κ3) is 4.12. The van der Waals surface area contributed by atoms with E-state index in [0.29, 0.717) is 35.9 Å². The molecule has 1 fully saturated rings. The zero-order valence-electron chi connectivity index (χ0n) is 15.7. The van der Waals surface area contributed by atoms with Gasteiger partial charge in [0.25, 0.3) is 5.91 Å². The van der Waals surface area contributed by atoms with Gasteiger partial charge in [-0.05, 0) is 5.56 Å². The largest absolute Gasteiger partial charge is 0.496 e. The second-order valence-corrected chi connectivity index (χ2v) is 6.30. The lowest BCUT2D eigenvalue weighted by atomic mass is 9.95.